The lowest BCUT2D eigenvalue weighted by Crippen LogP contribution is -2.48. The van der Waals surface area contributed by atoms with Crippen LogP contribution in [0, 0.1) is 0 Å². The molecule has 1 aliphatic heterocycles. The van der Waals surface area contributed by atoms with Crippen LogP contribution in [0.5, 0.6) is 0 Å². The zero-order chi connectivity index (χ0) is 24.6. The molecule has 1 saturated heterocycles. The fourth-order valence-corrected chi connectivity index (χ4v) is 4.91. The number of hydrogen-bond donors (Lipinski definition) is 0. The first-order valence-corrected chi connectivity index (χ1v) is 12.2. The van der Waals surface area contributed by atoms with Gasteiger partial charge in [0, 0.05) is 43.5 Å². The van der Waals surface area contributed by atoms with Gasteiger partial charge in [-0.25, -0.2) is 14.5 Å². The van der Waals surface area contributed by atoms with Crippen molar-refractivity contribution in [2.24, 2.45) is 0 Å². The van der Waals surface area contributed by atoms with E-state index in [1.54, 1.807) is 46.3 Å². The number of hydrogen-bond acceptors (Lipinski definition) is 6. The molecular weight excluding hydrogens is 499 g/mol. The van der Waals surface area contributed by atoms with Crippen molar-refractivity contribution in [2.45, 2.75) is 0 Å². The summed E-state index contributed by atoms with van der Waals surface area (Å²) in [5.74, 6) is 0.980. The van der Waals surface area contributed by atoms with Crippen molar-refractivity contribution in [2.75, 3.05) is 31.1 Å². The molecule has 5 aromatic rings. The quantitative estimate of drug-likeness (QED) is 0.320. The number of halogens is 2. The fourth-order valence-electron chi connectivity index (χ4n) is 4.35. The topological polar surface area (TPSA) is 79.8 Å². The first-order chi connectivity index (χ1) is 17.6. The number of amides is 1. The normalized spacial score (nSPS) is 13.9. The molecule has 2 aromatic carbocycles. The number of fused-ring (bicyclic) bond motifs is 1. The van der Waals surface area contributed by atoms with Gasteiger partial charge in [0.15, 0.2) is 11.4 Å². The van der Waals surface area contributed by atoms with Crippen LogP contribution in [0.4, 0.5) is 5.69 Å². The maximum absolute atomic E-state index is 13.0. The summed E-state index contributed by atoms with van der Waals surface area (Å²) in [5.41, 5.74) is 3.88. The molecule has 6 rings (SSSR count). The van der Waals surface area contributed by atoms with E-state index < -0.39 is 0 Å². The second kappa shape index (κ2) is 9.29. The second-order valence-corrected chi connectivity index (χ2v) is 9.23. The van der Waals surface area contributed by atoms with E-state index >= 15 is 0 Å². The first kappa shape index (κ1) is 22.6. The Morgan fingerprint density at radius 3 is 2.44 bits per heavy atom. The van der Waals surface area contributed by atoms with E-state index in [9.17, 15) is 4.79 Å². The summed E-state index contributed by atoms with van der Waals surface area (Å²) in [6.07, 6.45) is 3.25. The minimum Gasteiger partial charge on any atom is -0.461 e. The van der Waals surface area contributed by atoms with Crippen molar-refractivity contribution < 1.29 is 9.21 Å². The summed E-state index contributed by atoms with van der Waals surface area (Å²) >= 11 is 12.5. The van der Waals surface area contributed by atoms with Crippen molar-refractivity contribution in [1.29, 1.82) is 0 Å². The molecule has 3 aromatic heterocycles. The molecule has 1 fully saturated rings. The SMILES string of the molecule is O=C(c1c(Cl)cccc1Cl)N1CCN(c2cccc(-c3cc4nc(-c5ccco5)nn4cn3)c2)CC1. The van der Waals surface area contributed by atoms with Gasteiger partial charge in [-0.3, -0.25) is 4.79 Å². The number of nitrogens with zero attached hydrogens (tertiary/aromatic N) is 6. The number of furan rings is 1. The smallest absolute Gasteiger partial charge is 0.257 e. The number of benzene rings is 2. The average molecular weight is 519 g/mol. The Hall–Kier alpha value is -3.88. The van der Waals surface area contributed by atoms with Crippen LogP contribution in [0.25, 0.3) is 28.5 Å². The number of rotatable bonds is 4. The summed E-state index contributed by atoms with van der Waals surface area (Å²) in [4.78, 5) is 26.2. The maximum Gasteiger partial charge on any atom is 0.257 e. The molecule has 0 atom stereocenters. The lowest BCUT2D eigenvalue weighted by atomic mass is 10.1. The van der Waals surface area contributed by atoms with E-state index in [0.717, 1.165) is 16.9 Å². The van der Waals surface area contributed by atoms with E-state index in [4.69, 9.17) is 27.6 Å². The molecule has 0 aliphatic carbocycles. The number of carbonyl (C=O) groups excluding carboxylic acids is 1. The summed E-state index contributed by atoms with van der Waals surface area (Å²) in [7, 11) is 0. The molecular formula is C26H20Cl2N6O2. The van der Waals surface area contributed by atoms with Gasteiger partial charge in [0.05, 0.1) is 27.6 Å². The second-order valence-electron chi connectivity index (χ2n) is 8.42. The molecule has 0 bridgehead atoms. The molecule has 1 amide bonds. The Morgan fingerprint density at radius 2 is 1.69 bits per heavy atom. The minimum atomic E-state index is -0.140. The zero-order valence-electron chi connectivity index (χ0n) is 19.0. The van der Waals surface area contributed by atoms with Crippen molar-refractivity contribution in [3.63, 3.8) is 0 Å². The summed E-state index contributed by atoms with van der Waals surface area (Å²) in [5, 5.41) is 5.17. The van der Waals surface area contributed by atoms with Gasteiger partial charge < -0.3 is 14.2 Å². The molecule has 0 N–H and O–H groups in total. The van der Waals surface area contributed by atoms with Crippen LogP contribution in [-0.2, 0) is 0 Å². The number of carbonyl (C=O) groups is 1. The zero-order valence-corrected chi connectivity index (χ0v) is 20.5. The predicted octanol–water partition coefficient (Wildman–Crippen LogP) is 5.32. The van der Waals surface area contributed by atoms with Gasteiger partial charge in [0.2, 0.25) is 5.82 Å². The highest BCUT2D eigenvalue weighted by molar-refractivity contribution is 6.39. The maximum atomic E-state index is 13.0. The van der Waals surface area contributed by atoms with Gasteiger partial charge >= 0.3 is 0 Å². The van der Waals surface area contributed by atoms with Crippen LogP contribution >= 0.6 is 23.2 Å². The highest BCUT2D eigenvalue weighted by atomic mass is 35.5. The summed E-state index contributed by atoms with van der Waals surface area (Å²) in [6, 6.07) is 18.8. The molecule has 0 spiro atoms. The van der Waals surface area contributed by atoms with E-state index in [1.807, 2.05) is 24.3 Å². The van der Waals surface area contributed by atoms with Gasteiger partial charge in [-0.2, -0.15) is 0 Å². The van der Waals surface area contributed by atoms with Gasteiger partial charge in [-0.15, -0.1) is 5.10 Å². The predicted molar refractivity (Wildman–Crippen MR) is 138 cm³/mol. The Morgan fingerprint density at radius 1 is 0.917 bits per heavy atom. The monoisotopic (exact) mass is 518 g/mol. The third-order valence-electron chi connectivity index (χ3n) is 6.22. The highest BCUT2D eigenvalue weighted by Gasteiger charge is 2.25. The largest absolute Gasteiger partial charge is 0.461 e. The van der Waals surface area contributed by atoms with Crippen LogP contribution in [0.2, 0.25) is 10.0 Å². The summed E-state index contributed by atoms with van der Waals surface area (Å²) < 4.78 is 7.04. The van der Waals surface area contributed by atoms with Crippen molar-refractivity contribution in [3.05, 3.63) is 88.9 Å². The van der Waals surface area contributed by atoms with Crippen LogP contribution in [0.3, 0.4) is 0 Å². The van der Waals surface area contributed by atoms with Crippen LogP contribution in [-0.4, -0.2) is 56.6 Å². The van der Waals surface area contributed by atoms with Crippen LogP contribution in [0.15, 0.2) is 77.7 Å². The lowest BCUT2D eigenvalue weighted by Gasteiger charge is -2.36. The Kier molecular flexibility index (Phi) is 5.83. The average Bonchev–Trinajstić information content (AvgIpc) is 3.58. The minimum absolute atomic E-state index is 0.140. The third-order valence-corrected chi connectivity index (χ3v) is 6.85. The molecule has 10 heteroatoms. The number of anilines is 1. The van der Waals surface area contributed by atoms with E-state index in [1.165, 1.54) is 0 Å². The van der Waals surface area contributed by atoms with Gasteiger partial charge in [-0.1, -0.05) is 41.4 Å². The highest BCUT2D eigenvalue weighted by Crippen LogP contribution is 2.28. The van der Waals surface area contributed by atoms with E-state index in [0.29, 0.717) is 59.0 Å². The van der Waals surface area contributed by atoms with Crippen LogP contribution < -0.4 is 4.90 Å². The lowest BCUT2D eigenvalue weighted by molar-refractivity contribution is 0.0747. The number of piperazine rings is 1. The Labute approximate surface area is 216 Å². The van der Waals surface area contributed by atoms with Gasteiger partial charge in [-0.05, 0) is 36.4 Å². The molecule has 180 valence electrons. The molecule has 4 heterocycles. The standard InChI is InChI=1S/C26H20Cl2N6O2/c27-19-6-2-7-20(28)24(19)26(35)33-11-9-32(10-12-33)18-5-1-4-17(14-18)21-15-23-30-25(22-8-3-13-36-22)31-34(23)16-29-21/h1-8,13-16H,9-12H2. The molecule has 0 unspecified atom stereocenters. The van der Waals surface area contributed by atoms with E-state index in [2.05, 4.69) is 32.1 Å². The first-order valence-electron chi connectivity index (χ1n) is 11.4. The van der Waals surface area contributed by atoms with Gasteiger partial charge in [0.1, 0.15) is 6.33 Å². The molecule has 0 saturated carbocycles. The number of aromatic nitrogens is 4. The van der Waals surface area contributed by atoms with Crippen molar-refractivity contribution >= 4 is 40.4 Å². The fraction of sp³-hybridized carbons (Fsp3) is 0.154. The molecule has 1 aliphatic rings. The van der Waals surface area contributed by atoms with Crippen molar-refractivity contribution in [3.8, 4) is 22.8 Å². The third kappa shape index (κ3) is 4.19. The van der Waals surface area contributed by atoms with Gasteiger partial charge in [0.25, 0.3) is 5.91 Å². The molecule has 8 nitrogen and oxygen atoms in total. The van der Waals surface area contributed by atoms with Crippen LogP contribution in [0.1, 0.15) is 10.4 Å². The summed E-state index contributed by atoms with van der Waals surface area (Å²) in [6.45, 7) is 2.54. The Bertz CT molecular complexity index is 1540. The van der Waals surface area contributed by atoms with E-state index in [-0.39, 0.29) is 5.91 Å². The molecule has 36 heavy (non-hydrogen) atoms. The van der Waals surface area contributed by atoms with Crippen molar-refractivity contribution in [1.82, 2.24) is 24.5 Å². The Balaban J connectivity index is 1.19. The molecule has 0 radical (unpaired) electrons.